The second-order valence-electron chi connectivity index (χ2n) is 4.65. The highest BCUT2D eigenvalue weighted by molar-refractivity contribution is 5.85. The normalized spacial score (nSPS) is 26.1. The van der Waals surface area contributed by atoms with Crippen molar-refractivity contribution >= 4 is 12.4 Å². The summed E-state index contributed by atoms with van der Waals surface area (Å²) < 4.78 is 0. The van der Waals surface area contributed by atoms with E-state index in [1.54, 1.807) is 0 Å². The quantitative estimate of drug-likeness (QED) is 0.854. The Kier molecular flexibility index (Phi) is 5.26. The van der Waals surface area contributed by atoms with Crippen molar-refractivity contribution in [2.24, 2.45) is 0 Å². The van der Waals surface area contributed by atoms with Crippen molar-refractivity contribution < 1.29 is 0 Å². The number of rotatable bonds is 2. The second kappa shape index (κ2) is 6.24. The van der Waals surface area contributed by atoms with Crippen LogP contribution in [0.2, 0.25) is 0 Å². The van der Waals surface area contributed by atoms with Gasteiger partial charge < -0.3 is 5.32 Å². The van der Waals surface area contributed by atoms with E-state index < -0.39 is 0 Å². The number of hydrogen-bond donors (Lipinski definition) is 1. The maximum Gasteiger partial charge on any atom is 0.0235 e. The van der Waals surface area contributed by atoms with Gasteiger partial charge in [0.25, 0.3) is 0 Å². The van der Waals surface area contributed by atoms with Gasteiger partial charge in [0.05, 0.1) is 0 Å². The molecular weight excluding hydrogens is 220 g/mol. The van der Waals surface area contributed by atoms with Gasteiger partial charge in [-0.15, -0.1) is 12.4 Å². The van der Waals surface area contributed by atoms with E-state index in [1.165, 1.54) is 5.56 Å². The molecule has 0 radical (unpaired) electrons. The fraction of sp³-hybridized carbons (Fsp3) is 0.538. The van der Waals surface area contributed by atoms with E-state index in [4.69, 9.17) is 0 Å². The Balaban J connectivity index is 0.00000128. The molecule has 90 valence electrons. The molecule has 1 heterocycles. The second-order valence-corrected chi connectivity index (χ2v) is 4.65. The van der Waals surface area contributed by atoms with Gasteiger partial charge in [-0.1, -0.05) is 30.3 Å². The summed E-state index contributed by atoms with van der Waals surface area (Å²) in [6.07, 6.45) is 0. The molecule has 1 aromatic carbocycles. The van der Waals surface area contributed by atoms with Crippen molar-refractivity contribution in [2.45, 2.75) is 32.5 Å². The molecule has 1 aliphatic heterocycles. The molecule has 0 bridgehead atoms. The van der Waals surface area contributed by atoms with Crippen LogP contribution in [0.1, 0.15) is 19.4 Å². The van der Waals surface area contributed by atoms with Crippen LogP contribution in [-0.4, -0.2) is 30.1 Å². The smallest absolute Gasteiger partial charge is 0.0235 e. The summed E-state index contributed by atoms with van der Waals surface area (Å²) in [5, 5.41) is 3.55. The number of halogens is 1. The first-order chi connectivity index (χ1) is 7.24. The lowest BCUT2D eigenvalue weighted by Crippen LogP contribution is -2.53. The molecule has 2 nitrogen and oxygen atoms in total. The Hall–Kier alpha value is -0.570. The van der Waals surface area contributed by atoms with Gasteiger partial charge in [-0.25, -0.2) is 0 Å². The Morgan fingerprint density at radius 3 is 2.25 bits per heavy atom. The van der Waals surface area contributed by atoms with Crippen LogP contribution in [0.25, 0.3) is 0 Å². The zero-order valence-electron chi connectivity index (χ0n) is 10.0. The predicted octanol–water partition coefficient (Wildman–Crippen LogP) is 2.29. The molecule has 1 aromatic rings. The van der Waals surface area contributed by atoms with E-state index in [0.717, 1.165) is 19.6 Å². The van der Waals surface area contributed by atoms with Crippen molar-refractivity contribution in [3.8, 4) is 0 Å². The maximum atomic E-state index is 3.55. The van der Waals surface area contributed by atoms with Crippen LogP contribution in [-0.2, 0) is 6.54 Å². The number of piperazine rings is 1. The molecule has 16 heavy (non-hydrogen) atoms. The number of nitrogens with zero attached hydrogens (tertiary/aromatic N) is 1. The predicted molar refractivity (Wildman–Crippen MR) is 71.0 cm³/mol. The summed E-state index contributed by atoms with van der Waals surface area (Å²) in [5.41, 5.74) is 1.42. The number of nitrogens with one attached hydrogen (secondary N) is 1. The molecule has 0 aromatic heterocycles. The van der Waals surface area contributed by atoms with E-state index >= 15 is 0 Å². The third-order valence-corrected chi connectivity index (χ3v) is 2.88. The SMILES string of the molecule is C[C@H]1CN(Cc2ccccc2)C[C@H](C)N1.Cl. The minimum atomic E-state index is 0. The highest BCUT2D eigenvalue weighted by Gasteiger charge is 2.20. The van der Waals surface area contributed by atoms with Crippen LogP contribution in [0.15, 0.2) is 30.3 Å². The van der Waals surface area contributed by atoms with E-state index in [0.29, 0.717) is 12.1 Å². The lowest BCUT2D eigenvalue weighted by atomic mass is 10.1. The topological polar surface area (TPSA) is 15.3 Å². The molecule has 0 amide bonds. The summed E-state index contributed by atoms with van der Waals surface area (Å²) in [7, 11) is 0. The van der Waals surface area contributed by atoms with E-state index in [2.05, 4.69) is 54.4 Å². The summed E-state index contributed by atoms with van der Waals surface area (Å²) >= 11 is 0. The minimum absolute atomic E-state index is 0. The molecule has 0 saturated carbocycles. The molecule has 2 atom stereocenters. The third-order valence-electron chi connectivity index (χ3n) is 2.88. The summed E-state index contributed by atoms with van der Waals surface area (Å²) in [6.45, 7) is 7.90. The zero-order chi connectivity index (χ0) is 10.7. The lowest BCUT2D eigenvalue weighted by Gasteiger charge is -2.36. The molecule has 0 spiro atoms. The Labute approximate surface area is 104 Å². The van der Waals surface area contributed by atoms with Crippen molar-refractivity contribution in [1.29, 1.82) is 0 Å². The van der Waals surface area contributed by atoms with E-state index in [9.17, 15) is 0 Å². The van der Waals surface area contributed by atoms with Gasteiger partial charge in [0.1, 0.15) is 0 Å². The monoisotopic (exact) mass is 240 g/mol. The highest BCUT2D eigenvalue weighted by atomic mass is 35.5. The van der Waals surface area contributed by atoms with Crippen LogP contribution in [0, 0.1) is 0 Å². The van der Waals surface area contributed by atoms with Gasteiger partial charge >= 0.3 is 0 Å². The maximum absolute atomic E-state index is 3.55. The van der Waals surface area contributed by atoms with Crippen molar-refractivity contribution in [2.75, 3.05) is 13.1 Å². The molecule has 1 saturated heterocycles. The first-order valence-electron chi connectivity index (χ1n) is 5.76. The van der Waals surface area contributed by atoms with Crippen LogP contribution < -0.4 is 5.32 Å². The Bertz CT molecular complexity index is 292. The van der Waals surface area contributed by atoms with Gasteiger partial charge in [0, 0.05) is 31.7 Å². The first kappa shape index (κ1) is 13.5. The minimum Gasteiger partial charge on any atom is -0.309 e. The number of benzene rings is 1. The first-order valence-corrected chi connectivity index (χ1v) is 5.76. The molecule has 0 unspecified atom stereocenters. The van der Waals surface area contributed by atoms with Gasteiger partial charge in [-0.2, -0.15) is 0 Å². The summed E-state index contributed by atoms with van der Waals surface area (Å²) in [5.74, 6) is 0. The van der Waals surface area contributed by atoms with E-state index in [-0.39, 0.29) is 12.4 Å². The Morgan fingerprint density at radius 2 is 1.69 bits per heavy atom. The van der Waals surface area contributed by atoms with Gasteiger partial charge in [-0.3, -0.25) is 4.90 Å². The van der Waals surface area contributed by atoms with Crippen LogP contribution in [0.5, 0.6) is 0 Å². The van der Waals surface area contributed by atoms with Crippen molar-refractivity contribution in [3.05, 3.63) is 35.9 Å². The van der Waals surface area contributed by atoms with Gasteiger partial charge in [0.2, 0.25) is 0 Å². The number of hydrogen-bond acceptors (Lipinski definition) is 2. The molecular formula is C13H21ClN2. The fourth-order valence-electron chi connectivity index (χ4n) is 2.41. The van der Waals surface area contributed by atoms with Crippen LogP contribution in [0.4, 0.5) is 0 Å². The van der Waals surface area contributed by atoms with E-state index in [1.807, 2.05) is 0 Å². The average Bonchev–Trinajstić information content (AvgIpc) is 2.17. The largest absolute Gasteiger partial charge is 0.309 e. The molecule has 2 rings (SSSR count). The molecule has 1 N–H and O–H groups in total. The molecule has 1 fully saturated rings. The molecule has 3 heteroatoms. The average molecular weight is 241 g/mol. The van der Waals surface area contributed by atoms with Crippen molar-refractivity contribution in [3.63, 3.8) is 0 Å². The molecule has 1 aliphatic rings. The lowest BCUT2D eigenvalue weighted by molar-refractivity contribution is 0.166. The van der Waals surface area contributed by atoms with Gasteiger partial charge in [-0.05, 0) is 19.4 Å². The fourth-order valence-corrected chi connectivity index (χ4v) is 2.41. The highest BCUT2D eigenvalue weighted by Crippen LogP contribution is 2.09. The van der Waals surface area contributed by atoms with Gasteiger partial charge in [0.15, 0.2) is 0 Å². The molecule has 0 aliphatic carbocycles. The van der Waals surface area contributed by atoms with Crippen LogP contribution >= 0.6 is 12.4 Å². The third kappa shape index (κ3) is 3.78. The van der Waals surface area contributed by atoms with Crippen molar-refractivity contribution in [1.82, 2.24) is 10.2 Å². The zero-order valence-corrected chi connectivity index (χ0v) is 10.8. The standard InChI is InChI=1S/C13H20N2.ClH/c1-11-8-15(9-12(2)14-11)10-13-6-4-3-5-7-13;/h3-7,11-12,14H,8-10H2,1-2H3;1H/t11-,12-;/m0./s1. The van der Waals surface area contributed by atoms with Crippen LogP contribution in [0.3, 0.4) is 0 Å². The summed E-state index contributed by atoms with van der Waals surface area (Å²) in [6, 6.07) is 11.9. The summed E-state index contributed by atoms with van der Waals surface area (Å²) in [4.78, 5) is 2.53. The Morgan fingerprint density at radius 1 is 1.12 bits per heavy atom.